The molecule has 4 heteroatoms. The number of fused-ring (bicyclic) bond motifs is 1. The molecule has 2 aromatic carbocycles. The maximum absolute atomic E-state index is 12.9. The molecule has 0 aliphatic carbocycles. The average molecular weight is 337 g/mol. The molecule has 3 aromatic rings. The Labute approximate surface area is 147 Å². The molecule has 25 heavy (non-hydrogen) atoms. The fraction of sp³-hybridized carbons (Fsp3) is 0.286. The highest BCUT2D eigenvalue weighted by atomic mass is 16.5. The third-order valence-corrected chi connectivity index (χ3v) is 4.04. The van der Waals surface area contributed by atoms with Crippen LogP contribution in [0.2, 0.25) is 0 Å². The van der Waals surface area contributed by atoms with E-state index < -0.39 is 0 Å². The lowest BCUT2D eigenvalue weighted by molar-refractivity contribution is 0.287. The second-order valence-electron chi connectivity index (χ2n) is 6.31. The van der Waals surface area contributed by atoms with Gasteiger partial charge < -0.3 is 14.1 Å². The molecule has 0 radical (unpaired) electrons. The molecule has 0 atom stereocenters. The van der Waals surface area contributed by atoms with E-state index in [0.29, 0.717) is 29.1 Å². The number of ether oxygens (including phenoxy) is 1. The van der Waals surface area contributed by atoms with Gasteiger partial charge >= 0.3 is 0 Å². The van der Waals surface area contributed by atoms with Crippen LogP contribution in [0.4, 0.5) is 0 Å². The maximum atomic E-state index is 12.9. The number of hydrogen-bond donors (Lipinski definition) is 0. The minimum absolute atomic E-state index is 0.117. The summed E-state index contributed by atoms with van der Waals surface area (Å²) in [7, 11) is 4.10. The standard InChI is InChI=1S/C21H23NO3/c1-22(2)14-8-9-15-24-21-19(23)17-12-6-7-13-18(17)25-20(21)16-10-4-3-5-11-16/h3-7,10-13H,8-9,14-15H2,1-2H3. The summed E-state index contributed by atoms with van der Waals surface area (Å²) in [4.78, 5) is 15.0. The normalized spacial score (nSPS) is 11.2. The van der Waals surface area contributed by atoms with Crippen LogP contribution in [0.1, 0.15) is 12.8 Å². The van der Waals surface area contributed by atoms with Gasteiger partial charge in [0.25, 0.3) is 0 Å². The van der Waals surface area contributed by atoms with E-state index in [2.05, 4.69) is 4.90 Å². The van der Waals surface area contributed by atoms with E-state index in [1.807, 2.05) is 62.6 Å². The van der Waals surface area contributed by atoms with Crippen LogP contribution in [-0.4, -0.2) is 32.1 Å². The van der Waals surface area contributed by atoms with E-state index in [-0.39, 0.29) is 5.43 Å². The van der Waals surface area contributed by atoms with Crippen LogP contribution < -0.4 is 10.2 Å². The largest absolute Gasteiger partial charge is 0.486 e. The Morgan fingerprint density at radius 1 is 0.960 bits per heavy atom. The highest BCUT2D eigenvalue weighted by molar-refractivity contribution is 5.81. The van der Waals surface area contributed by atoms with Gasteiger partial charge in [-0.3, -0.25) is 4.79 Å². The van der Waals surface area contributed by atoms with Crippen molar-refractivity contribution in [3.63, 3.8) is 0 Å². The number of benzene rings is 2. The van der Waals surface area contributed by atoms with Crippen molar-refractivity contribution in [2.75, 3.05) is 27.2 Å². The summed E-state index contributed by atoms with van der Waals surface area (Å²) in [5.74, 6) is 0.798. The molecular formula is C21H23NO3. The molecule has 0 unspecified atom stereocenters. The molecule has 3 rings (SSSR count). The molecule has 130 valence electrons. The Morgan fingerprint density at radius 3 is 2.44 bits per heavy atom. The number of hydrogen-bond acceptors (Lipinski definition) is 4. The van der Waals surface area contributed by atoms with Crippen molar-refractivity contribution in [1.82, 2.24) is 4.90 Å². The van der Waals surface area contributed by atoms with Gasteiger partial charge in [-0.1, -0.05) is 42.5 Å². The summed E-state index contributed by atoms with van der Waals surface area (Å²) < 4.78 is 11.9. The third kappa shape index (κ3) is 4.09. The van der Waals surface area contributed by atoms with Crippen LogP contribution in [0.3, 0.4) is 0 Å². The average Bonchev–Trinajstić information content (AvgIpc) is 2.63. The number of unbranched alkanes of at least 4 members (excludes halogenated alkanes) is 1. The van der Waals surface area contributed by atoms with E-state index in [9.17, 15) is 4.79 Å². The van der Waals surface area contributed by atoms with Crippen LogP contribution >= 0.6 is 0 Å². The van der Waals surface area contributed by atoms with E-state index >= 15 is 0 Å². The topological polar surface area (TPSA) is 42.7 Å². The van der Waals surface area contributed by atoms with Gasteiger partial charge in [-0.15, -0.1) is 0 Å². The summed E-state index contributed by atoms with van der Waals surface area (Å²) in [5, 5.41) is 0.547. The summed E-state index contributed by atoms with van der Waals surface area (Å²) in [5.41, 5.74) is 1.30. The minimum atomic E-state index is -0.117. The SMILES string of the molecule is CN(C)CCCCOc1c(-c2ccccc2)oc2ccccc2c1=O. The summed E-state index contributed by atoms with van der Waals surface area (Å²) in [6.45, 7) is 1.50. The zero-order chi connectivity index (χ0) is 17.6. The lowest BCUT2D eigenvalue weighted by Crippen LogP contribution is -2.15. The highest BCUT2D eigenvalue weighted by Gasteiger charge is 2.17. The second-order valence-corrected chi connectivity index (χ2v) is 6.31. The first-order chi connectivity index (χ1) is 12.2. The van der Waals surface area contributed by atoms with Crippen molar-refractivity contribution in [3.05, 3.63) is 64.8 Å². The van der Waals surface area contributed by atoms with Crippen molar-refractivity contribution in [3.8, 4) is 17.1 Å². The van der Waals surface area contributed by atoms with Crippen LogP contribution in [0.15, 0.2) is 63.8 Å². The van der Waals surface area contributed by atoms with Gasteiger partial charge in [-0.2, -0.15) is 0 Å². The molecule has 0 aliphatic rings. The van der Waals surface area contributed by atoms with Gasteiger partial charge in [0.1, 0.15) is 5.58 Å². The fourth-order valence-corrected chi connectivity index (χ4v) is 2.74. The molecule has 0 saturated carbocycles. The van der Waals surface area contributed by atoms with Crippen LogP contribution in [0, 0.1) is 0 Å². The molecule has 1 aromatic heterocycles. The van der Waals surface area contributed by atoms with Crippen LogP contribution in [-0.2, 0) is 0 Å². The second kappa shape index (κ2) is 7.99. The van der Waals surface area contributed by atoms with Crippen molar-refractivity contribution in [2.24, 2.45) is 0 Å². The van der Waals surface area contributed by atoms with Crippen molar-refractivity contribution in [1.29, 1.82) is 0 Å². The number of nitrogens with zero attached hydrogens (tertiary/aromatic N) is 1. The fourth-order valence-electron chi connectivity index (χ4n) is 2.74. The Balaban J connectivity index is 1.94. The molecule has 0 aliphatic heterocycles. The van der Waals surface area contributed by atoms with Crippen molar-refractivity contribution in [2.45, 2.75) is 12.8 Å². The van der Waals surface area contributed by atoms with Gasteiger partial charge in [0, 0.05) is 5.56 Å². The predicted molar refractivity (Wildman–Crippen MR) is 101 cm³/mol. The molecule has 0 spiro atoms. The van der Waals surface area contributed by atoms with Gasteiger partial charge in [-0.25, -0.2) is 0 Å². The Kier molecular flexibility index (Phi) is 5.51. The lowest BCUT2D eigenvalue weighted by Gasteiger charge is -2.12. The maximum Gasteiger partial charge on any atom is 0.235 e. The Hall–Kier alpha value is -2.59. The van der Waals surface area contributed by atoms with E-state index in [1.165, 1.54) is 0 Å². The Bertz CT molecular complexity index is 885. The Morgan fingerprint density at radius 2 is 1.68 bits per heavy atom. The zero-order valence-electron chi connectivity index (χ0n) is 14.7. The molecule has 4 nitrogen and oxygen atoms in total. The van der Waals surface area contributed by atoms with E-state index in [4.69, 9.17) is 9.15 Å². The number of para-hydroxylation sites is 1. The lowest BCUT2D eigenvalue weighted by atomic mass is 10.1. The van der Waals surface area contributed by atoms with Crippen LogP contribution in [0.5, 0.6) is 5.75 Å². The van der Waals surface area contributed by atoms with Gasteiger partial charge in [-0.05, 0) is 45.6 Å². The molecule has 0 bridgehead atoms. The molecular weight excluding hydrogens is 314 g/mol. The molecule has 0 N–H and O–H groups in total. The highest BCUT2D eigenvalue weighted by Crippen LogP contribution is 2.30. The van der Waals surface area contributed by atoms with Crippen molar-refractivity contribution < 1.29 is 9.15 Å². The molecule has 0 fully saturated rings. The van der Waals surface area contributed by atoms with E-state index in [0.717, 1.165) is 24.9 Å². The minimum Gasteiger partial charge on any atom is -0.486 e. The summed E-state index contributed by atoms with van der Waals surface area (Å²) >= 11 is 0. The van der Waals surface area contributed by atoms with Gasteiger partial charge in [0.05, 0.1) is 12.0 Å². The first kappa shape index (κ1) is 17.2. The molecule has 1 heterocycles. The zero-order valence-corrected chi connectivity index (χ0v) is 14.7. The number of rotatable bonds is 7. The van der Waals surface area contributed by atoms with E-state index in [1.54, 1.807) is 6.07 Å². The monoisotopic (exact) mass is 337 g/mol. The summed E-state index contributed by atoms with van der Waals surface area (Å²) in [6.07, 6.45) is 1.91. The third-order valence-electron chi connectivity index (χ3n) is 4.04. The van der Waals surface area contributed by atoms with Crippen molar-refractivity contribution >= 4 is 11.0 Å². The predicted octanol–water partition coefficient (Wildman–Crippen LogP) is 4.18. The molecule has 0 saturated heterocycles. The molecule has 0 amide bonds. The van der Waals surface area contributed by atoms with Gasteiger partial charge in [0.15, 0.2) is 5.76 Å². The smallest absolute Gasteiger partial charge is 0.235 e. The van der Waals surface area contributed by atoms with Gasteiger partial charge in [0.2, 0.25) is 11.2 Å². The first-order valence-electron chi connectivity index (χ1n) is 8.55. The first-order valence-corrected chi connectivity index (χ1v) is 8.55. The quantitative estimate of drug-likeness (QED) is 0.607. The summed E-state index contributed by atoms with van der Waals surface area (Å²) in [6, 6.07) is 16.9. The van der Waals surface area contributed by atoms with Crippen LogP contribution in [0.25, 0.3) is 22.3 Å².